The molecule has 0 aliphatic rings. The lowest BCUT2D eigenvalue weighted by Crippen LogP contribution is -2.41. The van der Waals surface area contributed by atoms with Gasteiger partial charge in [0.05, 0.1) is 6.04 Å². The maximum atomic E-state index is 11.7. The molecular weight excluding hydrogens is 292 g/mol. The average molecular weight is 315 g/mol. The van der Waals surface area contributed by atoms with Gasteiger partial charge in [0.15, 0.2) is 0 Å². The third kappa shape index (κ3) is 6.16. The first-order valence-electron chi connectivity index (χ1n) is 6.77. The van der Waals surface area contributed by atoms with E-state index >= 15 is 0 Å². The van der Waals surface area contributed by atoms with Crippen molar-refractivity contribution < 1.29 is 4.79 Å². The molecular formula is C15H23ClN2OS. The maximum Gasteiger partial charge on any atom is 0.237 e. The molecule has 0 spiro atoms. The lowest BCUT2D eigenvalue weighted by molar-refractivity contribution is -0.124. The van der Waals surface area contributed by atoms with Crippen molar-refractivity contribution in [1.29, 1.82) is 0 Å². The molecule has 112 valence electrons. The second-order valence-electron chi connectivity index (χ2n) is 4.93. The molecule has 0 aliphatic heterocycles. The standard InChI is InChI=1S/C15H23ClN2OS/c1-12(18(2)3)15(19)17-9-6-10-20-11-13-7-4-5-8-14(13)16/h4-5,7-8,12H,6,9-11H2,1-3H3,(H,17,19)/t12-/m0/s1. The highest BCUT2D eigenvalue weighted by molar-refractivity contribution is 7.98. The molecule has 0 aliphatic carbocycles. The molecule has 1 atom stereocenters. The number of likely N-dealkylation sites (N-methyl/N-ethyl adjacent to an activating group) is 1. The highest BCUT2D eigenvalue weighted by atomic mass is 35.5. The minimum Gasteiger partial charge on any atom is -0.355 e. The lowest BCUT2D eigenvalue weighted by Gasteiger charge is -2.18. The van der Waals surface area contributed by atoms with Crippen molar-refractivity contribution in [1.82, 2.24) is 10.2 Å². The first-order chi connectivity index (χ1) is 9.52. The summed E-state index contributed by atoms with van der Waals surface area (Å²) < 4.78 is 0. The Kier molecular flexibility index (Phi) is 8.04. The predicted octanol–water partition coefficient (Wildman–Crippen LogP) is 3.03. The second kappa shape index (κ2) is 9.27. The summed E-state index contributed by atoms with van der Waals surface area (Å²) in [6.45, 7) is 2.63. The highest BCUT2D eigenvalue weighted by Crippen LogP contribution is 2.20. The summed E-state index contributed by atoms with van der Waals surface area (Å²) >= 11 is 7.94. The van der Waals surface area contributed by atoms with Crippen molar-refractivity contribution in [2.45, 2.75) is 25.1 Å². The fourth-order valence-corrected chi connectivity index (χ4v) is 2.81. The van der Waals surface area contributed by atoms with E-state index in [1.165, 1.54) is 5.56 Å². The van der Waals surface area contributed by atoms with Gasteiger partial charge >= 0.3 is 0 Å². The van der Waals surface area contributed by atoms with Crippen molar-refractivity contribution in [2.75, 3.05) is 26.4 Å². The van der Waals surface area contributed by atoms with Crippen molar-refractivity contribution in [3.8, 4) is 0 Å². The van der Waals surface area contributed by atoms with Gasteiger partial charge < -0.3 is 5.32 Å². The van der Waals surface area contributed by atoms with Crippen LogP contribution in [0.25, 0.3) is 0 Å². The minimum atomic E-state index is -0.0780. The molecule has 0 fully saturated rings. The summed E-state index contributed by atoms with van der Waals surface area (Å²) in [6.07, 6.45) is 0.973. The number of thioether (sulfide) groups is 1. The van der Waals surface area contributed by atoms with Crippen LogP contribution >= 0.6 is 23.4 Å². The summed E-state index contributed by atoms with van der Waals surface area (Å²) in [5.74, 6) is 2.02. The zero-order valence-corrected chi connectivity index (χ0v) is 13.9. The first kappa shape index (κ1) is 17.3. The van der Waals surface area contributed by atoms with Crippen molar-refractivity contribution in [3.63, 3.8) is 0 Å². The van der Waals surface area contributed by atoms with Gasteiger partial charge in [0.1, 0.15) is 0 Å². The second-order valence-corrected chi connectivity index (χ2v) is 6.44. The van der Waals surface area contributed by atoms with Crippen LogP contribution in [0.2, 0.25) is 5.02 Å². The van der Waals surface area contributed by atoms with Crippen LogP contribution in [0.4, 0.5) is 0 Å². The molecule has 1 N–H and O–H groups in total. The number of nitrogens with zero attached hydrogens (tertiary/aromatic N) is 1. The van der Waals surface area contributed by atoms with E-state index in [-0.39, 0.29) is 11.9 Å². The van der Waals surface area contributed by atoms with E-state index in [1.54, 1.807) is 0 Å². The van der Waals surface area contributed by atoms with Crippen LogP contribution in [0.5, 0.6) is 0 Å². The number of rotatable bonds is 8. The summed E-state index contributed by atoms with van der Waals surface area (Å²) in [5.41, 5.74) is 1.17. The quantitative estimate of drug-likeness (QED) is 0.749. The fraction of sp³-hybridized carbons (Fsp3) is 0.533. The monoisotopic (exact) mass is 314 g/mol. The van der Waals surface area contributed by atoms with Crippen LogP contribution < -0.4 is 5.32 Å². The molecule has 0 aromatic heterocycles. The van der Waals surface area contributed by atoms with E-state index in [0.717, 1.165) is 29.5 Å². The normalized spacial score (nSPS) is 12.4. The predicted molar refractivity (Wildman–Crippen MR) is 88.4 cm³/mol. The topological polar surface area (TPSA) is 32.3 Å². The third-order valence-corrected chi connectivity index (χ3v) is 4.60. The van der Waals surface area contributed by atoms with Gasteiger partial charge in [-0.15, -0.1) is 0 Å². The van der Waals surface area contributed by atoms with Gasteiger partial charge in [-0.3, -0.25) is 9.69 Å². The first-order valence-corrected chi connectivity index (χ1v) is 8.31. The largest absolute Gasteiger partial charge is 0.355 e. The van der Waals surface area contributed by atoms with Gasteiger partial charge in [-0.2, -0.15) is 11.8 Å². The molecule has 1 amide bonds. The number of halogens is 1. The SMILES string of the molecule is C[C@@H](C(=O)NCCCSCc1ccccc1Cl)N(C)C. The molecule has 0 bridgehead atoms. The number of benzene rings is 1. The smallest absolute Gasteiger partial charge is 0.237 e. The van der Waals surface area contributed by atoms with E-state index in [0.29, 0.717) is 0 Å². The van der Waals surface area contributed by atoms with Gasteiger partial charge in [0.25, 0.3) is 0 Å². The van der Waals surface area contributed by atoms with Crippen molar-refractivity contribution in [3.05, 3.63) is 34.9 Å². The van der Waals surface area contributed by atoms with Crippen LogP contribution in [-0.4, -0.2) is 43.2 Å². The molecule has 5 heteroatoms. The number of hydrogen-bond donors (Lipinski definition) is 1. The van der Waals surface area contributed by atoms with E-state index in [2.05, 4.69) is 11.4 Å². The number of carbonyl (C=O) groups excluding carboxylic acids is 1. The number of nitrogens with one attached hydrogen (secondary N) is 1. The van der Waals surface area contributed by atoms with Crippen molar-refractivity contribution in [2.24, 2.45) is 0 Å². The number of amides is 1. The van der Waals surface area contributed by atoms with Crippen LogP contribution in [0.1, 0.15) is 18.9 Å². The maximum absolute atomic E-state index is 11.7. The highest BCUT2D eigenvalue weighted by Gasteiger charge is 2.13. The van der Waals surface area contributed by atoms with Crippen LogP contribution in [-0.2, 0) is 10.5 Å². The van der Waals surface area contributed by atoms with E-state index in [1.807, 2.05) is 55.9 Å². The Morgan fingerprint density at radius 2 is 2.10 bits per heavy atom. The summed E-state index contributed by atoms with van der Waals surface area (Å²) in [7, 11) is 3.81. The summed E-state index contributed by atoms with van der Waals surface area (Å²) in [6, 6.07) is 7.84. The van der Waals surface area contributed by atoms with Crippen LogP contribution in [0.3, 0.4) is 0 Å². The van der Waals surface area contributed by atoms with E-state index in [4.69, 9.17) is 11.6 Å². The van der Waals surface area contributed by atoms with E-state index < -0.39 is 0 Å². The third-order valence-electron chi connectivity index (χ3n) is 3.13. The van der Waals surface area contributed by atoms with Gasteiger partial charge in [0.2, 0.25) is 5.91 Å². The molecule has 1 rings (SSSR count). The van der Waals surface area contributed by atoms with Gasteiger partial charge in [-0.1, -0.05) is 29.8 Å². The molecule has 0 saturated heterocycles. The summed E-state index contributed by atoms with van der Waals surface area (Å²) in [5, 5.41) is 3.78. The Morgan fingerprint density at radius 1 is 1.40 bits per heavy atom. The molecule has 20 heavy (non-hydrogen) atoms. The Labute approximate surface area is 131 Å². The van der Waals surface area contributed by atoms with Crippen LogP contribution in [0, 0.1) is 0 Å². The van der Waals surface area contributed by atoms with Gasteiger partial charge in [0, 0.05) is 17.3 Å². The summed E-state index contributed by atoms with van der Waals surface area (Å²) in [4.78, 5) is 13.6. The zero-order chi connectivity index (χ0) is 15.0. The van der Waals surface area contributed by atoms with Gasteiger partial charge in [-0.25, -0.2) is 0 Å². The molecule has 1 aromatic rings. The molecule has 1 aromatic carbocycles. The number of hydrogen-bond acceptors (Lipinski definition) is 3. The Hall–Kier alpha value is -0.710. The zero-order valence-electron chi connectivity index (χ0n) is 12.4. The van der Waals surface area contributed by atoms with Gasteiger partial charge in [-0.05, 0) is 44.8 Å². The fourth-order valence-electron chi connectivity index (χ4n) is 1.57. The Morgan fingerprint density at radius 3 is 2.75 bits per heavy atom. The molecule has 0 saturated carbocycles. The molecule has 3 nitrogen and oxygen atoms in total. The van der Waals surface area contributed by atoms with Crippen molar-refractivity contribution >= 4 is 29.3 Å². The van der Waals surface area contributed by atoms with E-state index in [9.17, 15) is 4.79 Å². The molecule has 0 heterocycles. The molecule has 0 radical (unpaired) electrons. The number of carbonyl (C=O) groups is 1. The average Bonchev–Trinajstić information content (AvgIpc) is 2.43. The Balaban J connectivity index is 2.11. The van der Waals surface area contributed by atoms with Crippen LogP contribution in [0.15, 0.2) is 24.3 Å². The Bertz CT molecular complexity index is 426. The molecule has 0 unspecified atom stereocenters. The lowest BCUT2D eigenvalue weighted by atomic mass is 10.2. The minimum absolute atomic E-state index is 0.0780.